The molecule has 102 valence electrons. The number of hydrogen-bond acceptors (Lipinski definition) is 4. The minimum Gasteiger partial charge on any atom is -0.478 e. The number of aromatic nitrogens is 2. The maximum Gasteiger partial charge on any atom is 0.338 e. The van der Waals surface area contributed by atoms with Crippen LogP contribution in [0.1, 0.15) is 26.4 Å². The normalized spacial score (nSPS) is 10.1. The number of hydrogen-bond donors (Lipinski definition) is 1. The zero-order valence-electron chi connectivity index (χ0n) is 10.9. The van der Waals surface area contributed by atoms with Crippen molar-refractivity contribution < 1.29 is 14.7 Å². The lowest BCUT2D eigenvalue weighted by Crippen LogP contribution is -2.28. The second-order valence-electron chi connectivity index (χ2n) is 4.22. The molecule has 0 saturated heterocycles. The fourth-order valence-electron chi connectivity index (χ4n) is 1.76. The van der Waals surface area contributed by atoms with Crippen LogP contribution in [0.15, 0.2) is 42.9 Å². The van der Waals surface area contributed by atoms with Gasteiger partial charge >= 0.3 is 5.97 Å². The summed E-state index contributed by atoms with van der Waals surface area (Å²) in [6.45, 7) is 0.358. The first-order valence-electron chi connectivity index (χ1n) is 5.92. The largest absolute Gasteiger partial charge is 0.478 e. The van der Waals surface area contributed by atoms with Gasteiger partial charge < -0.3 is 10.0 Å². The van der Waals surface area contributed by atoms with E-state index in [1.807, 2.05) is 0 Å². The summed E-state index contributed by atoms with van der Waals surface area (Å²) in [7, 11) is 1.60. The molecule has 0 aliphatic rings. The molecule has 0 aliphatic carbocycles. The van der Waals surface area contributed by atoms with Crippen LogP contribution in [-0.4, -0.2) is 38.9 Å². The van der Waals surface area contributed by atoms with Gasteiger partial charge in [0.05, 0.1) is 5.56 Å². The second kappa shape index (κ2) is 5.92. The summed E-state index contributed by atoms with van der Waals surface area (Å²) >= 11 is 0. The Balaban J connectivity index is 2.21. The molecule has 20 heavy (non-hydrogen) atoms. The summed E-state index contributed by atoms with van der Waals surface area (Å²) in [6.07, 6.45) is 4.67. The van der Waals surface area contributed by atoms with E-state index in [1.165, 1.54) is 23.2 Å². The summed E-state index contributed by atoms with van der Waals surface area (Å²) in [4.78, 5) is 32.5. The van der Waals surface area contributed by atoms with Crippen LogP contribution in [0.3, 0.4) is 0 Å². The van der Waals surface area contributed by atoms with Gasteiger partial charge in [-0.3, -0.25) is 14.8 Å². The van der Waals surface area contributed by atoms with Gasteiger partial charge in [-0.15, -0.1) is 0 Å². The molecule has 0 spiro atoms. The van der Waals surface area contributed by atoms with E-state index in [-0.39, 0.29) is 11.3 Å². The first kappa shape index (κ1) is 13.7. The molecule has 0 aliphatic heterocycles. The maximum absolute atomic E-state index is 12.3. The van der Waals surface area contributed by atoms with Gasteiger partial charge in [0.15, 0.2) is 0 Å². The summed E-state index contributed by atoms with van der Waals surface area (Å²) in [5.41, 5.74) is 0.749. The number of nitrogens with zero attached hydrogens (tertiary/aromatic N) is 3. The van der Waals surface area contributed by atoms with Gasteiger partial charge in [-0.05, 0) is 29.8 Å². The van der Waals surface area contributed by atoms with E-state index < -0.39 is 11.9 Å². The molecule has 2 aromatic rings. The Kier molecular flexibility index (Phi) is 4.05. The van der Waals surface area contributed by atoms with E-state index in [1.54, 1.807) is 31.6 Å². The van der Waals surface area contributed by atoms with Crippen LogP contribution in [0.2, 0.25) is 0 Å². The molecule has 1 amide bonds. The number of carbonyl (C=O) groups excluding carboxylic acids is 1. The predicted octanol–water partition coefficient (Wildman–Crippen LogP) is 1.45. The van der Waals surface area contributed by atoms with Crippen LogP contribution in [-0.2, 0) is 6.54 Å². The highest BCUT2D eigenvalue weighted by atomic mass is 16.4. The molecule has 6 nitrogen and oxygen atoms in total. The third kappa shape index (κ3) is 2.97. The molecule has 1 N–H and O–H groups in total. The summed E-state index contributed by atoms with van der Waals surface area (Å²) in [5.74, 6) is -1.60. The molecule has 0 atom stereocenters. The fourth-order valence-corrected chi connectivity index (χ4v) is 1.76. The van der Waals surface area contributed by atoms with Gasteiger partial charge in [-0.2, -0.15) is 0 Å². The molecule has 0 radical (unpaired) electrons. The van der Waals surface area contributed by atoms with Gasteiger partial charge in [0.25, 0.3) is 5.91 Å². The smallest absolute Gasteiger partial charge is 0.338 e. The van der Waals surface area contributed by atoms with E-state index in [0.29, 0.717) is 6.54 Å². The third-order valence-electron chi connectivity index (χ3n) is 2.76. The lowest BCUT2D eigenvalue weighted by molar-refractivity contribution is 0.0678. The van der Waals surface area contributed by atoms with Crippen molar-refractivity contribution in [2.75, 3.05) is 7.05 Å². The minimum atomic E-state index is -1.17. The first-order valence-corrected chi connectivity index (χ1v) is 5.92. The molecule has 0 bridgehead atoms. The van der Waals surface area contributed by atoms with Crippen molar-refractivity contribution in [3.8, 4) is 0 Å². The Labute approximate surface area is 115 Å². The predicted molar refractivity (Wildman–Crippen MR) is 71.2 cm³/mol. The number of amides is 1. The van der Waals surface area contributed by atoms with Gasteiger partial charge in [0.1, 0.15) is 5.69 Å². The standard InChI is InChI=1S/C14H13N3O3/c1-17(9-10-4-7-15-8-5-10)13(18)12-11(14(19)20)3-2-6-16-12/h2-8H,9H2,1H3,(H,19,20). The van der Waals surface area contributed by atoms with Gasteiger partial charge in [0, 0.05) is 32.2 Å². The van der Waals surface area contributed by atoms with Crippen molar-refractivity contribution in [3.63, 3.8) is 0 Å². The number of carboxylic acids is 1. The van der Waals surface area contributed by atoms with Crippen molar-refractivity contribution in [2.45, 2.75) is 6.54 Å². The number of rotatable bonds is 4. The molecular weight excluding hydrogens is 258 g/mol. The van der Waals surface area contributed by atoms with Crippen molar-refractivity contribution in [3.05, 3.63) is 59.7 Å². The summed E-state index contributed by atoms with van der Waals surface area (Å²) in [6, 6.07) is 6.44. The van der Waals surface area contributed by atoms with E-state index in [9.17, 15) is 9.59 Å². The monoisotopic (exact) mass is 271 g/mol. The van der Waals surface area contributed by atoms with Gasteiger partial charge in [0.2, 0.25) is 0 Å². The molecule has 0 aromatic carbocycles. The molecule has 6 heteroatoms. The minimum absolute atomic E-state index is 0.0587. The molecule has 0 unspecified atom stereocenters. The first-order chi connectivity index (χ1) is 9.59. The number of carboxylic acid groups (broad SMARTS) is 1. The number of pyridine rings is 2. The van der Waals surface area contributed by atoms with Crippen molar-refractivity contribution in [1.29, 1.82) is 0 Å². The Morgan fingerprint density at radius 3 is 2.55 bits per heavy atom. The summed E-state index contributed by atoms with van der Waals surface area (Å²) in [5, 5.41) is 9.07. The molecule has 2 aromatic heterocycles. The Bertz CT molecular complexity index is 629. The lowest BCUT2D eigenvalue weighted by Gasteiger charge is -2.17. The van der Waals surface area contributed by atoms with Crippen molar-refractivity contribution >= 4 is 11.9 Å². The third-order valence-corrected chi connectivity index (χ3v) is 2.76. The molecule has 0 saturated carbocycles. The quantitative estimate of drug-likeness (QED) is 0.909. The van der Waals surface area contributed by atoms with Crippen LogP contribution in [0, 0.1) is 0 Å². The Morgan fingerprint density at radius 1 is 1.20 bits per heavy atom. The van der Waals surface area contributed by atoms with Gasteiger partial charge in [-0.25, -0.2) is 4.79 Å². The topological polar surface area (TPSA) is 83.4 Å². The molecule has 0 fully saturated rings. The van der Waals surface area contributed by atoms with E-state index in [2.05, 4.69) is 9.97 Å². The Morgan fingerprint density at radius 2 is 1.90 bits per heavy atom. The van der Waals surface area contributed by atoms with E-state index in [0.717, 1.165) is 5.56 Å². The molecule has 2 heterocycles. The SMILES string of the molecule is CN(Cc1ccncc1)C(=O)c1ncccc1C(=O)O. The number of aromatic carboxylic acids is 1. The highest BCUT2D eigenvalue weighted by molar-refractivity contribution is 6.03. The lowest BCUT2D eigenvalue weighted by atomic mass is 10.1. The average molecular weight is 271 g/mol. The van der Waals surface area contributed by atoms with Crippen LogP contribution in [0.25, 0.3) is 0 Å². The number of carbonyl (C=O) groups is 2. The highest BCUT2D eigenvalue weighted by Crippen LogP contribution is 2.10. The maximum atomic E-state index is 12.3. The highest BCUT2D eigenvalue weighted by Gasteiger charge is 2.20. The fraction of sp³-hybridized carbons (Fsp3) is 0.143. The second-order valence-corrected chi connectivity index (χ2v) is 4.22. The zero-order valence-corrected chi connectivity index (χ0v) is 10.9. The van der Waals surface area contributed by atoms with Gasteiger partial charge in [-0.1, -0.05) is 0 Å². The van der Waals surface area contributed by atoms with Crippen molar-refractivity contribution in [2.24, 2.45) is 0 Å². The molecule has 2 rings (SSSR count). The van der Waals surface area contributed by atoms with Crippen LogP contribution < -0.4 is 0 Å². The zero-order chi connectivity index (χ0) is 14.5. The van der Waals surface area contributed by atoms with Crippen LogP contribution in [0.4, 0.5) is 0 Å². The average Bonchev–Trinajstić information content (AvgIpc) is 2.47. The van der Waals surface area contributed by atoms with Crippen LogP contribution in [0.5, 0.6) is 0 Å². The van der Waals surface area contributed by atoms with Crippen LogP contribution >= 0.6 is 0 Å². The summed E-state index contributed by atoms with van der Waals surface area (Å²) < 4.78 is 0. The Hall–Kier alpha value is -2.76. The van der Waals surface area contributed by atoms with Crippen molar-refractivity contribution in [1.82, 2.24) is 14.9 Å². The van der Waals surface area contributed by atoms with E-state index in [4.69, 9.17) is 5.11 Å². The molecular formula is C14H13N3O3. The van der Waals surface area contributed by atoms with E-state index >= 15 is 0 Å².